The number of rotatable bonds is 6. The summed E-state index contributed by atoms with van der Waals surface area (Å²) in [5, 5.41) is 6.72. The summed E-state index contributed by atoms with van der Waals surface area (Å²) in [6.07, 6.45) is 1.02. The van der Waals surface area contributed by atoms with Crippen LogP contribution >= 0.6 is 11.6 Å². The van der Waals surface area contributed by atoms with Gasteiger partial charge in [-0.3, -0.25) is 4.79 Å². The van der Waals surface area contributed by atoms with Crippen LogP contribution in [0.4, 0.5) is 11.4 Å². The Hall–Kier alpha value is -2.40. The molecule has 3 rings (SSSR count). The first-order valence-electron chi connectivity index (χ1n) is 8.75. The minimum absolute atomic E-state index is 0.149. The van der Waals surface area contributed by atoms with E-state index < -0.39 is 6.04 Å². The van der Waals surface area contributed by atoms with Gasteiger partial charge in [-0.25, -0.2) is 0 Å². The number of amides is 1. The number of ether oxygens (including phenoxy) is 2. The highest BCUT2D eigenvalue weighted by molar-refractivity contribution is 6.30. The first-order valence-corrected chi connectivity index (χ1v) is 9.13. The normalized spacial score (nSPS) is 16.4. The highest BCUT2D eigenvalue weighted by Gasteiger charge is 2.23. The summed E-state index contributed by atoms with van der Waals surface area (Å²) < 4.78 is 11.6. The van der Waals surface area contributed by atoms with Crippen molar-refractivity contribution in [2.45, 2.75) is 39.3 Å². The second-order valence-corrected chi connectivity index (χ2v) is 6.82. The predicted octanol–water partition coefficient (Wildman–Crippen LogP) is 4.50. The maximum absolute atomic E-state index is 12.5. The third-order valence-corrected chi connectivity index (χ3v) is 4.43. The van der Waals surface area contributed by atoms with Crippen LogP contribution in [0.2, 0.25) is 5.02 Å². The minimum atomic E-state index is -0.457. The Labute approximate surface area is 158 Å². The number of carbonyl (C=O) groups is 1. The second kappa shape index (κ2) is 7.87. The molecule has 6 heteroatoms. The van der Waals surface area contributed by atoms with Gasteiger partial charge >= 0.3 is 0 Å². The topological polar surface area (TPSA) is 59.6 Å². The predicted molar refractivity (Wildman–Crippen MR) is 105 cm³/mol. The van der Waals surface area contributed by atoms with E-state index in [1.54, 1.807) is 31.2 Å². The van der Waals surface area contributed by atoms with E-state index in [-0.39, 0.29) is 12.0 Å². The molecule has 5 nitrogen and oxygen atoms in total. The lowest BCUT2D eigenvalue weighted by molar-refractivity contribution is -0.116. The van der Waals surface area contributed by atoms with Crippen molar-refractivity contribution >= 4 is 28.9 Å². The Balaban J connectivity index is 1.73. The molecule has 0 radical (unpaired) electrons. The molecule has 0 bridgehead atoms. The van der Waals surface area contributed by atoms with E-state index >= 15 is 0 Å². The fourth-order valence-corrected chi connectivity index (χ4v) is 3.04. The third kappa shape index (κ3) is 4.22. The van der Waals surface area contributed by atoms with E-state index in [9.17, 15) is 4.79 Å². The molecule has 1 amide bonds. The van der Waals surface area contributed by atoms with Crippen molar-refractivity contribution in [1.29, 1.82) is 0 Å². The van der Waals surface area contributed by atoms with Crippen LogP contribution in [-0.4, -0.2) is 24.7 Å². The van der Waals surface area contributed by atoms with Gasteiger partial charge in [0.05, 0.1) is 12.3 Å². The van der Waals surface area contributed by atoms with Gasteiger partial charge in [-0.1, -0.05) is 11.6 Å². The maximum atomic E-state index is 12.5. The Morgan fingerprint density at radius 2 is 2.08 bits per heavy atom. The zero-order valence-corrected chi connectivity index (χ0v) is 15.9. The van der Waals surface area contributed by atoms with Gasteiger partial charge in [0.1, 0.15) is 23.6 Å². The summed E-state index contributed by atoms with van der Waals surface area (Å²) in [5.41, 5.74) is 2.58. The van der Waals surface area contributed by atoms with Gasteiger partial charge in [0.15, 0.2) is 0 Å². The van der Waals surface area contributed by atoms with E-state index in [1.165, 1.54) is 0 Å². The van der Waals surface area contributed by atoms with Crippen molar-refractivity contribution in [2.75, 3.05) is 17.2 Å². The molecule has 1 aliphatic rings. The zero-order chi connectivity index (χ0) is 18.7. The quantitative estimate of drug-likeness (QED) is 0.781. The highest BCUT2D eigenvalue weighted by atomic mass is 35.5. The van der Waals surface area contributed by atoms with Crippen LogP contribution in [0, 0.1) is 0 Å². The Kier molecular flexibility index (Phi) is 5.57. The number of carbonyl (C=O) groups excluding carboxylic acids is 1. The standard InChI is InChI=1S/C20H23ClN2O3/c1-4-25-19-10-14-9-12(2)26-18(14)11-17(19)22-13(3)20(24)23-16-7-5-15(21)6-8-16/h5-8,10-13,22H,4,9H2,1-3H3,(H,23,24)/t12-,13+/m0/s1. The van der Waals surface area contributed by atoms with E-state index in [0.717, 1.165) is 29.2 Å². The van der Waals surface area contributed by atoms with Crippen LogP contribution < -0.4 is 20.1 Å². The molecule has 2 aromatic rings. The van der Waals surface area contributed by atoms with Gasteiger partial charge in [-0.2, -0.15) is 0 Å². The molecule has 0 spiro atoms. The number of benzene rings is 2. The van der Waals surface area contributed by atoms with Crippen LogP contribution in [0.1, 0.15) is 26.3 Å². The van der Waals surface area contributed by atoms with Crippen molar-refractivity contribution < 1.29 is 14.3 Å². The first kappa shape index (κ1) is 18.4. The van der Waals surface area contributed by atoms with Crippen molar-refractivity contribution in [3.63, 3.8) is 0 Å². The van der Waals surface area contributed by atoms with Gasteiger partial charge < -0.3 is 20.1 Å². The number of nitrogens with one attached hydrogen (secondary N) is 2. The monoisotopic (exact) mass is 374 g/mol. The fourth-order valence-electron chi connectivity index (χ4n) is 2.91. The zero-order valence-electron chi connectivity index (χ0n) is 15.1. The molecular weight excluding hydrogens is 352 g/mol. The van der Waals surface area contributed by atoms with E-state index in [2.05, 4.69) is 10.6 Å². The molecule has 138 valence electrons. The third-order valence-electron chi connectivity index (χ3n) is 4.18. The molecule has 2 aromatic carbocycles. The summed E-state index contributed by atoms with van der Waals surface area (Å²) >= 11 is 5.87. The lowest BCUT2D eigenvalue weighted by Gasteiger charge is -2.19. The van der Waals surface area contributed by atoms with Crippen LogP contribution in [-0.2, 0) is 11.2 Å². The van der Waals surface area contributed by atoms with Crippen LogP contribution in [0.5, 0.6) is 11.5 Å². The van der Waals surface area contributed by atoms with Gasteiger partial charge in [-0.05, 0) is 51.1 Å². The van der Waals surface area contributed by atoms with Gasteiger partial charge in [0, 0.05) is 28.8 Å². The minimum Gasteiger partial charge on any atom is -0.492 e. The average molecular weight is 375 g/mol. The van der Waals surface area contributed by atoms with E-state index in [1.807, 2.05) is 26.0 Å². The summed E-state index contributed by atoms with van der Waals surface area (Å²) in [6, 6.07) is 10.5. The number of anilines is 2. The lowest BCUT2D eigenvalue weighted by atomic mass is 10.1. The fraction of sp³-hybridized carbons (Fsp3) is 0.350. The molecule has 0 aliphatic carbocycles. The SMILES string of the molecule is CCOc1cc2c(cc1N[C@H](C)C(=O)Nc1ccc(Cl)cc1)O[C@@H](C)C2. The largest absolute Gasteiger partial charge is 0.492 e. The van der Waals surface area contributed by atoms with Crippen molar-refractivity contribution in [3.8, 4) is 11.5 Å². The summed E-state index contributed by atoms with van der Waals surface area (Å²) in [4.78, 5) is 12.5. The molecule has 0 saturated heterocycles. The smallest absolute Gasteiger partial charge is 0.246 e. The first-order chi connectivity index (χ1) is 12.5. The second-order valence-electron chi connectivity index (χ2n) is 6.38. The van der Waals surface area contributed by atoms with Crippen LogP contribution in [0.25, 0.3) is 0 Å². The van der Waals surface area contributed by atoms with Crippen molar-refractivity contribution in [1.82, 2.24) is 0 Å². The molecule has 0 unspecified atom stereocenters. The molecular formula is C20H23ClN2O3. The summed E-state index contributed by atoms with van der Waals surface area (Å²) in [5.74, 6) is 1.42. The average Bonchev–Trinajstić information content (AvgIpc) is 2.96. The van der Waals surface area contributed by atoms with Crippen LogP contribution in [0.3, 0.4) is 0 Å². The molecule has 26 heavy (non-hydrogen) atoms. The van der Waals surface area contributed by atoms with Gasteiger partial charge in [-0.15, -0.1) is 0 Å². The van der Waals surface area contributed by atoms with E-state index in [4.69, 9.17) is 21.1 Å². The maximum Gasteiger partial charge on any atom is 0.246 e. The molecule has 0 fully saturated rings. The van der Waals surface area contributed by atoms with Crippen molar-refractivity contribution in [3.05, 3.63) is 47.0 Å². The highest BCUT2D eigenvalue weighted by Crippen LogP contribution is 2.38. The Morgan fingerprint density at radius 1 is 1.35 bits per heavy atom. The number of halogens is 1. The van der Waals surface area contributed by atoms with Gasteiger partial charge in [0.2, 0.25) is 5.91 Å². The van der Waals surface area contributed by atoms with Crippen molar-refractivity contribution in [2.24, 2.45) is 0 Å². The van der Waals surface area contributed by atoms with E-state index in [0.29, 0.717) is 17.3 Å². The van der Waals surface area contributed by atoms with Gasteiger partial charge in [0.25, 0.3) is 0 Å². The Morgan fingerprint density at radius 3 is 2.77 bits per heavy atom. The molecule has 1 aliphatic heterocycles. The number of hydrogen-bond donors (Lipinski definition) is 2. The summed E-state index contributed by atoms with van der Waals surface area (Å²) in [6.45, 7) is 6.33. The molecule has 0 aromatic heterocycles. The molecule has 1 heterocycles. The summed E-state index contributed by atoms with van der Waals surface area (Å²) in [7, 11) is 0. The lowest BCUT2D eigenvalue weighted by Crippen LogP contribution is -2.32. The number of hydrogen-bond acceptors (Lipinski definition) is 4. The van der Waals surface area contributed by atoms with Crippen LogP contribution in [0.15, 0.2) is 36.4 Å². The number of fused-ring (bicyclic) bond motifs is 1. The molecule has 0 saturated carbocycles. The molecule has 2 atom stereocenters. The molecule has 2 N–H and O–H groups in total. The Bertz CT molecular complexity index is 792.